The second-order valence-electron chi connectivity index (χ2n) is 5.13. The predicted molar refractivity (Wildman–Crippen MR) is 78.1 cm³/mol. The Morgan fingerprint density at radius 1 is 1.24 bits per heavy atom. The molecule has 1 aromatic rings. The molecule has 1 aromatic carbocycles. The van der Waals surface area contributed by atoms with Crippen molar-refractivity contribution < 1.29 is 18.7 Å². The van der Waals surface area contributed by atoms with Crippen LogP contribution >= 0.6 is 0 Å². The molecule has 0 radical (unpaired) electrons. The molecular weight excluding hydrogens is 278 g/mol. The molecule has 0 heterocycles. The third-order valence-electron chi connectivity index (χ3n) is 3.21. The molecule has 118 valence electrons. The van der Waals surface area contributed by atoms with E-state index >= 15 is 0 Å². The highest BCUT2D eigenvalue weighted by Crippen LogP contribution is 2.19. The van der Waals surface area contributed by atoms with E-state index in [-0.39, 0.29) is 12.2 Å². The highest BCUT2D eigenvalue weighted by Gasteiger charge is 2.25. The second kappa shape index (κ2) is 7.93. The van der Waals surface area contributed by atoms with Crippen LogP contribution in [0.15, 0.2) is 18.2 Å². The van der Waals surface area contributed by atoms with Crippen molar-refractivity contribution >= 4 is 11.7 Å². The van der Waals surface area contributed by atoms with Gasteiger partial charge in [-0.05, 0) is 25.0 Å². The lowest BCUT2D eigenvalue weighted by Crippen LogP contribution is -2.44. The van der Waals surface area contributed by atoms with E-state index in [1.54, 1.807) is 0 Å². The van der Waals surface area contributed by atoms with E-state index < -0.39 is 23.3 Å². The Balaban J connectivity index is 2.59. The van der Waals surface area contributed by atoms with Crippen molar-refractivity contribution in [1.29, 1.82) is 0 Å². The number of halogens is 2. The molecule has 0 fully saturated rings. The largest absolute Gasteiger partial charge is 0.388 e. The Kier molecular flexibility index (Phi) is 6.55. The first-order valence-corrected chi connectivity index (χ1v) is 7.13. The van der Waals surface area contributed by atoms with Crippen LogP contribution in [0.4, 0.5) is 19.3 Å². The lowest BCUT2D eigenvalue weighted by molar-refractivity contribution is 0.0245. The van der Waals surface area contributed by atoms with Gasteiger partial charge in [-0.1, -0.05) is 32.8 Å². The first-order chi connectivity index (χ1) is 9.91. The van der Waals surface area contributed by atoms with E-state index in [0.29, 0.717) is 12.8 Å². The van der Waals surface area contributed by atoms with Gasteiger partial charge in [0, 0.05) is 6.54 Å². The molecule has 0 spiro atoms. The fraction of sp³-hybridized carbons (Fsp3) is 0.533. The van der Waals surface area contributed by atoms with Gasteiger partial charge >= 0.3 is 6.03 Å². The van der Waals surface area contributed by atoms with Gasteiger partial charge in [0.15, 0.2) is 11.6 Å². The van der Waals surface area contributed by atoms with Crippen LogP contribution in [0.3, 0.4) is 0 Å². The van der Waals surface area contributed by atoms with Crippen LogP contribution in [-0.2, 0) is 0 Å². The Morgan fingerprint density at radius 2 is 1.86 bits per heavy atom. The van der Waals surface area contributed by atoms with E-state index in [2.05, 4.69) is 10.6 Å². The van der Waals surface area contributed by atoms with Crippen molar-refractivity contribution in [3.63, 3.8) is 0 Å². The number of nitrogens with one attached hydrogen (secondary N) is 2. The maximum absolute atomic E-state index is 13.4. The third kappa shape index (κ3) is 5.30. The van der Waals surface area contributed by atoms with Crippen LogP contribution in [-0.4, -0.2) is 23.3 Å². The summed E-state index contributed by atoms with van der Waals surface area (Å²) in [5, 5.41) is 15.1. The highest BCUT2D eigenvalue weighted by atomic mass is 19.2. The topological polar surface area (TPSA) is 61.4 Å². The van der Waals surface area contributed by atoms with Crippen LogP contribution in [0.25, 0.3) is 0 Å². The summed E-state index contributed by atoms with van der Waals surface area (Å²) < 4.78 is 26.4. The maximum atomic E-state index is 13.4. The van der Waals surface area contributed by atoms with Gasteiger partial charge in [0.1, 0.15) is 0 Å². The smallest absolute Gasteiger partial charge is 0.319 e. The first kappa shape index (κ1) is 17.4. The monoisotopic (exact) mass is 300 g/mol. The summed E-state index contributed by atoms with van der Waals surface area (Å²) in [6.45, 7) is 3.96. The van der Waals surface area contributed by atoms with Crippen LogP contribution in [0, 0.1) is 11.6 Å². The van der Waals surface area contributed by atoms with Gasteiger partial charge in [-0.25, -0.2) is 13.6 Å². The molecule has 0 aliphatic carbocycles. The second-order valence-corrected chi connectivity index (χ2v) is 5.13. The number of carbonyl (C=O) groups is 1. The quantitative estimate of drug-likeness (QED) is 0.722. The molecule has 0 aromatic heterocycles. The number of carbonyl (C=O) groups excluding carboxylic acids is 1. The number of anilines is 1. The molecule has 21 heavy (non-hydrogen) atoms. The van der Waals surface area contributed by atoms with E-state index in [4.69, 9.17) is 0 Å². The number of hydrogen-bond donors (Lipinski definition) is 3. The molecule has 0 saturated heterocycles. The van der Waals surface area contributed by atoms with Crippen molar-refractivity contribution in [2.24, 2.45) is 0 Å². The summed E-state index contributed by atoms with van der Waals surface area (Å²) in [5.41, 5.74) is -1.21. The molecule has 3 N–H and O–H groups in total. The zero-order valence-corrected chi connectivity index (χ0v) is 12.4. The number of benzene rings is 1. The molecule has 0 unspecified atom stereocenters. The van der Waals surface area contributed by atoms with Crippen molar-refractivity contribution in [2.45, 2.75) is 45.1 Å². The summed E-state index contributed by atoms with van der Waals surface area (Å²) in [4.78, 5) is 11.7. The lowest BCUT2D eigenvalue weighted by atomic mass is 9.93. The van der Waals surface area contributed by atoms with E-state index in [9.17, 15) is 18.7 Å². The summed E-state index contributed by atoms with van der Waals surface area (Å²) in [7, 11) is 0. The SMILES string of the molecule is CCCC(O)(CCC)CNC(=O)Nc1cccc(F)c1F. The number of urea groups is 1. The first-order valence-electron chi connectivity index (χ1n) is 7.13. The van der Waals surface area contributed by atoms with Crippen LogP contribution in [0.1, 0.15) is 39.5 Å². The van der Waals surface area contributed by atoms with Gasteiger partial charge in [0.05, 0.1) is 11.3 Å². The molecule has 2 amide bonds. The van der Waals surface area contributed by atoms with E-state index in [0.717, 1.165) is 18.9 Å². The molecule has 0 bridgehead atoms. The fourth-order valence-corrected chi connectivity index (χ4v) is 2.24. The van der Waals surface area contributed by atoms with Crippen molar-refractivity contribution in [3.8, 4) is 0 Å². The van der Waals surface area contributed by atoms with Gasteiger partial charge in [0.2, 0.25) is 0 Å². The fourth-order valence-electron chi connectivity index (χ4n) is 2.24. The molecule has 1 rings (SSSR count). The number of amides is 2. The Morgan fingerprint density at radius 3 is 2.43 bits per heavy atom. The Bertz CT molecular complexity index is 475. The zero-order chi connectivity index (χ0) is 15.9. The number of hydrogen-bond acceptors (Lipinski definition) is 2. The molecule has 0 atom stereocenters. The summed E-state index contributed by atoms with van der Waals surface area (Å²) in [6, 6.07) is 2.87. The van der Waals surface area contributed by atoms with Crippen molar-refractivity contribution in [2.75, 3.05) is 11.9 Å². The predicted octanol–water partition coefficient (Wildman–Crippen LogP) is 3.42. The average Bonchev–Trinajstić information content (AvgIpc) is 2.42. The molecule has 6 heteroatoms. The summed E-state index contributed by atoms with van der Waals surface area (Å²) >= 11 is 0. The maximum Gasteiger partial charge on any atom is 0.319 e. The van der Waals surface area contributed by atoms with Crippen LogP contribution < -0.4 is 10.6 Å². The Labute approximate surface area is 123 Å². The number of rotatable bonds is 7. The number of aliphatic hydroxyl groups is 1. The van der Waals surface area contributed by atoms with Crippen molar-refractivity contribution in [3.05, 3.63) is 29.8 Å². The molecule has 0 aliphatic heterocycles. The molecular formula is C15H22F2N2O2. The van der Waals surface area contributed by atoms with Gasteiger partial charge in [0.25, 0.3) is 0 Å². The summed E-state index contributed by atoms with van der Waals surface area (Å²) in [5.74, 6) is -2.13. The highest BCUT2D eigenvalue weighted by molar-refractivity contribution is 5.89. The van der Waals surface area contributed by atoms with Gasteiger partial charge in [-0.15, -0.1) is 0 Å². The van der Waals surface area contributed by atoms with Crippen molar-refractivity contribution in [1.82, 2.24) is 5.32 Å². The van der Waals surface area contributed by atoms with Gasteiger partial charge < -0.3 is 15.7 Å². The molecule has 0 aliphatic rings. The van der Waals surface area contributed by atoms with Gasteiger partial charge in [-0.3, -0.25) is 0 Å². The Hall–Kier alpha value is -1.69. The minimum atomic E-state index is -1.11. The minimum absolute atomic E-state index is 0.0669. The zero-order valence-electron chi connectivity index (χ0n) is 12.4. The minimum Gasteiger partial charge on any atom is -0.388 e. The van der Waals surface area contributed by atoms with E-state index in [1.165, 1.54) is 12.1 Å². The van der Waals surface area contributed by atoms with Crippen LogP contribution in [0.5, 0.6) is 0 Å². The average molecular weight is 300 g/mol. The molecule has 0 saturated carbocycles. The molecule has 4 nitrogen and oxygen atoms in total. The normalized spacial score (nSPS) is 11.3. The third-order valence-corrected chi connectivity index (χ3v) is 3.21. The van der Waals surface area contributed by atoms with E-state index in [1.807, 2.05) is 13.8 Å². The standard InChI is InChI=1S/C15H22F2N2O2/c1-3-8-15(21,9-4-2)10-18-14(20)19-12-7-5-6-11(16)13(12)17/h5-7,21H,3-4,8-10H2,1-2H3,(H2,18,19,20). The lowest BCUT2D eigenvalue weighted by Gasteiger charge is -2.27. The van der Waals surface area contributed by atoms with Gasteiger partial charge in [-0.2, -0.15) is 0 Å². The van der Waals surface area contributed by atoms with Crippen LogP contribution in [0.2, 0.25) is 0 Å². The summed E-state index contributed by atoms with van der Waals surface area (Å²) in [6.07, 6.45) is 2.71.